The number of benzene rings is 1. The Morgan fingerprint density at radius 1 is 1.18 bits per heavy atom. The molecule has 7 heteroatoms. The molecule has 0 radical (unpaired) electrons. The van der Waals surface area contributed by atoms with Crippen LogP contribution in [0.1, 0.15) is 39.2 Å². The lowest BCUT2D eigenvalue weighted by atomic mass is 10.1. The van der Waals surface area contributed by atoms with Crippen LogP contribution in [0, 0.1) is 0 Å². The van der Waals surface area contributed by atoms with Gasteiger partial charge in [0.05, 0.1) is 0 Å². The molecule has 2 fully saturated rings. The molecule has 0 saturated carbocycles. The van der Waals surface area contributed by atoms with Crippen LogP contribution in [0.5, 0.6) is 0 Å². The number of esters is 1. The van der Waals surface area contributed by atoms with Gasteiger partial charge in [-0.2, -0.15) is 0 Å². The van der Waals surface area contributed by atoms with Crippen molar-refractivity contribution in [1.29, 1.82) is 0 Å². The lowest BCUT2D eigenvalue weighted by Crippen LogP contribution is -2.46. The van der Waals surface area contributed by atoms with Gasteiger partial charge >= 0.3 is 12.1 Å². The summed E-state index contributed by atoms with van der Waals surface area (Å²) in [7, 11) is 0. The Labute approximate surface area is 165 Å². The van der Waals surface area contributed by atoms with Crippen molar-refractivity contribution in [3.05, 3.63) is 35.9 Å². The third-order valence-corrected chi connectivity index (χ3v) is 5.07. The maximum absolute atomic E-state index is 14.1. The maximum Gasteiger partial charge on any atom is 0.410 e. The van der Waals surface area contributed by atoms with Crippen LogP contribution in [-0.4, -0.2) is 65.4 Å². The van der Waals surface area contributed by atoms with Gasteiger partial charge in [0.25, 0.3) is 0 Å². The van der Waals surface area contributed by atoms with Gasteiger partial charge in [0.1, 0.15) is 24.4 Å². The van der Waals surface area contributed by atoms with E-state index in [9.17, 15) is 14.0 Å². The first-order chi connectivity index (χ1) is 13.2. The van der Waals surface area contributed by atoms with Gasteiger partial charge in [0.2, 0.25) is 0 Å². The van der Waals surface area contributed by atoms with Gasteiger partial charge in [0, 0.05) is 32.1 Å². The van der Waals surface area contributed by atoms with E-state index in [0.29, 0.717) is 19.5 Å². The number of rotatable bonds is 4. The van der Waals surface area contributed by atoms with Crippen molar-refractivity contribution in [2.75, 3.05) is 19.6 Å². The quantitative estimate of drug-likeness (QED) is 0.737. The first-order valence-electron chi connectivity index (χ1n) is 9.81. The molecule has 2 aliphatic rings. The Balaban J connectivity index is 1.58. The van der Waals surface area contributed by atoms with Crippen LogP contribution in [0.25, 0.3) is 0 Å². The average molecular weight is 392 g/mol. The van der Waals surface area contributed by atoms with Crippen LogP contribution in [0.2, 0.25) is 0 Å². The molecule has 2 saturated heterocycles. The van der Waals surface area contributed by atoms with Crippen molar-refractivity contribution in [3.8, 4) is 0 Å². The lowest BCUT2D eigenvalue weighted by molar-refractivity contribution is -0.151. The Kier molecular flexibility index (Phi) is 6.23. The predicted octanol–water partition coefficient (Wildman–Crippen LogP) is 3.15. The predicted molar refractivity (Wildman–Crippen MR) is 102 cm³/mol. The molecule has 1 aromatic carbocycles. The number of carbonyl (C=O) groups is 2. The molecule has 0 aliphatic carbocycles. The van der Waals surface area contributed by atoms with Gasteiger partial charge in [-0.1, -0.05) is 30.3 Å². The maximum atomic E-state index is 14.1. The van der Waals surface area contributed by atoms with E-state index < -0.39 is 23.8 Å². The van der Waals surface area contributed by atoms with Gasteiger partial charge in [-0.15, -0.1) is 0 Å². The molecule has 3 rings (SSSR count). The van der Waals surface area contributed by atoms with Crippen LogP contribution in [0.15, 0.2) is 30.3 Å². The molecular formula is C21H29FN2O4. The van der Waals surface area contributed by atoms with Crippen LogP contribution in [0.4, 0.5) is 9.18 Å². The van der Waals surface area contributed by atoms with Crippen molar-refractivity contribution >= 4 is 12.1 Å². The molecule has 1 amide bonds. The molecular weight excluding hydrogens is 363 g/mol. The van der Waals surface area contributed by atoms with E-state index in [1.165, 1.54) is 0 Å². The lowest BCUT2D eigenvalue weighted by Gasteiger charge is -2.29. The minimum atomic E-state index is -1.06. The molecule has 2 aliphatic heterocycles. The third kappa shape index (κ3) is 5.22. The highest BCUT2D eigenvalue weighted by molar-refractivity contribution is 5.76. The highest BCUT2D eigenvalue weighted by Crippen LogP contribution is 2.29. The molecule has 0 N–H and O–H groups in total. The zero-order chi connectivity index (χ0) is 20.3. The summed E-state index contributed by atoms with van der Waals surface area (Å²) in [5, 5.41) is 0. The number of nitrogens with zero attached hydrogens (tertiary/aromatic N) is 2. The minimum absolute atomic E-state index is 0.0671. The van der Waals surface area contributed by atoms with Crippen molar-refractivity contribution in [1.82, 2.24) is 9.80 Å². The van der Waals surface area contributed by atoms with Gasteiger partial charge in [-0.25, -0.2) is 9.18 Å². The Morgan fingerprint density at radius 2 is 1.89 bits per heavy atom. The Bertz CT molecular complexity index is 691. The van der Waals surface area contributed by atoms with E-state index in [-0.39, 0.29) is 31.7 Å². The summed E-state index contributed by atoms with van der Waals surface area (Å²) in [5.74, 6) is -0.403. The molecule has 2 unspecified atom stereocenters. The summed E-state index contributed by atoms with van der Waals surface area (Å²) < 4.78 is 25.0. The molecule has 154 valence electrons. The van der Waals surface area contributed by atoms with Crippen LogP contribution in [0.3, 0.4) is 0 Å². The molecule has 28 heavy (non-hydrogen) atoms. The number of carbonyl (C=O) groups excluding carboxylic acids is 2. The number of amides is 1. The molecule has 0 bridgehead atoms. The summed E-state index contributed by atoms with van der Waals surface area (Å²) in [6, 6.07) is 8.75. The summed E-state index contributed by atoms with van der Waals surface area (Å²) in [6.45, 7) is 6.82. The van der Waals surface area contributed by atoms with Gasteiger partial charge in [-0.05, 0) is 32.8 Å². The first kappa shape index (κ1) is 20.6. The van der Waals surface area contributed by atoms with Gasteiger partial charge < -0.3 is 14.4 Å². The Hall–Kier alpha value is -2.15. The second-order valence-electron chi connectivity index (χ2n) is 8.51. The van der Waals surface area contributed by atoms with E-state index >= 15 is 0 Å². The van der Waals surface area contributed by atoms with E-state index in [1.54, 1.807) is 4.90 Å². The third-order valence-electron chi connectivity index (χ3n) is 5.07. The van der Waals surface area contributed by atoms with Gasteiger partial charge in [-0.3, -0.25) is 9.69 Å². The zero-order valence-electron chi connectivity index (χ0n) is 16.8. The number of hydrogen-bond donors (Lipinski definition) is 0. The van der Waals surface area contributed by atoms with Gasteiger partial charge in [0.15, 0.2) is 0 Å². The fourth-order valence-electron chi connectivity index (χ4n) is 3.77. The van der Waals surface area contributed by atoms with E-state index in [1.807, 2.05) is 56.0 Å². The van der Waals surface area contributed by atoms with Crippen molar-refractivity contribution in [2.45, 2.75) is 64.1 Å². The summed E-state index contributed by atoms with van der Waals surface area (Å²) >= 11 is 0. The monoisotopic (exact) mass is 392 g/mol. The van der Waals surface area contributed by atoms with Crippen molar-refractivity contribution in [3.63, 3.8) is 0 Å². The summed E-state index contributed by atoms with van der Waals surface area (Å²) in [6.07, 6.45) is -0.607. The first-order valence-corrected chi connectivity index (χ1v) is 9.81. The van der Waals surface area contributed by atoms with Crippen molar-refractivity contribution < 1.29 is 23.5 Å². The second-order valence-corrected chi connectivity index (χ2v) is 8.51. The highest BCUT2D eigenvalue weighted by Gasteiger charge is 2.44. The average Bonchev–Trinajstić information content (AvgIpc) is 3.26. The van der Waals surface area contributed by atoms with E-state index in [2.05, 4.69) is 0 Å². The standard InChI is InChI=1S/C21H29FN2O4/c1-21(2,3)28-20(26)23-10-9-17(13-23)24-12-16(22)11-18(24)19(25)27-14-15-7-5-4-6-8-15/h4-8,16-18H,9-14H2,1-3H3/t16-,17?,18?/m0/s1. The molecule has 1 aromatic rings. The molecule has 0 aromatic heterocycles. The summed E-state index contributed by atoms with van der Waals surface area (Å²) in [5.41, 5.74) is 0.338. The topological polar surface area (TPSA) is 59.1 Å². The SMILES string of the molecule is CC(C)(C)OC(=O)N1CCC(N2C[C@@H](F)CC2C(=O)OCc2ccccc2)C1. The number of hydrogen-bond acceptors (Lipinski definition) is 5. The van der Waals surface area contributed by atoms with Crippen molar-refractivity contribution in [2.24, 2.45) is 0 Å². The molecule has 0 spiro atoms. The minimum Gasteiger partial charge on any atom is -0.460 e. The zero-order valence-corrected chi connectivity index (χ0v) is 16.8. The number of alkyl halides is 1. The van der Waals surface area contributed by atoms with Crippen LogP contribution in [-0.2, 0) is 20.9 Å². The largest absolute Gasteiger partial charge is 0.460 e. The normalized spacial score (nSPS) is 25.7. The van der Waals surface area contributed by atoms with Crippen LogP contribution >= 0.6 is 0 Å². The number of likely N-dealkylation sites (tertiary alicyclic amines) is 2. The number of ether oxygens (including phenoxy) is 2. The highest BCUT2D eigenvalue weighted by atomic mass is 19.1. The van der Waals surface area contributed by atoms with E-state index in [0.717, 1.165) is 5.56 Å². The second kappa shape index (κ2) is 8.47. The van der Waals surface area contributed by atoms with E-state index in [4.69, 9.17) is 9.47 Å². The molecule has 6 nitrogen and oxygen atoms in total. The van der Waals surface area contributed by atoms with Crippen LogP contribution < -0.4 is 0 Å². The smallest absolute Gasteiger partial charge is 0.410 e. The molecule has 3 atom stereocenters. The Morgan fingerprint density at radius 3 is 2.57 bits per heavy atom. The fraction of sp³-hybridized carbons (Fsp3) is 0.619. The summed E-state index contributed by atoms with van der Waals surface area (Å²) in [4.78, 5) is 28.4. The fourth-order valence-corrected chi connectivity index (χ4v) is 3.77. The number of halogens is 1. The molecule has 2 heterocycles.